The van der Waals surface area contributed by atoms with Crippen LogP contribution < -0.4 is 10.2 Å². The van der Waals surface area contributed by atoms with Gasteiger partial charge in [-0.3, -0.25) is 9.59 Å². The minimum absolute atomic E-state index is 0.232. The minimum atomic E-state index is -1.04. The molecule has 1 atom stereocenters. The summed E-state index contributed by atoms with van der Waals surface area (Å²) in [6.45, 7) is 2.21. The number of nitrogens with one attached hydrogen (secondary N) is 1. The lowest BCUT2D eigenvalue weighted by Crippen LogP contribution is -2.54. The van der Waals surface area contributed by atoms with Crippen molar-refractivity contribution in [3.8, 4) is 0 Å². The van der Waals surface area contributed by atoms with Crippen molar-refractivity contribution in [2.24, 2.45) is 5.41 Å². The molecule has 1 aliphatic heterocycles. The Labute approximate surface area is 111 Å². The van der Waals surface area contributed by atoms with Crippen LogP contribution in [0.2, 0.25) is 0 Å². The van der Waals surface area contributed by atoms with E-state index in [9.17, 15) is 14.0 Å². The third-order valence-corrected chi connectivity index (χ3v) is 3.64. The summed E-state index contributed by atoms with van der Waals surface area (Å²) in [5.74, 6) is -0.851. The topological polar surface area (TPSA) is 49.4 Å². The molecule has 1 fully saturated rings. The molecule has 1 heterocycles. The molecule has 1 aromatic carbocycles. The molecule has 0 radical (unpaired) electrons. The number of carbonyl (C=O) groups is 2. The van der Waals surface area contributed by atoms with Crippen molar-refractivity contribution >= 4 is 17.5 Å². The third kappa shape index (κ3) is 2.32. The van der Waals surface area contributed by atoms with Crippen molar-refractivity contribution in [2.45, 2.75) is 19.8 Å². The monoisotopic (exact) mass is 264 g/mol. The number of carbonyl (C=O) groups excluding carboxylic acids is 2. The van der Waals surface area contributed by atoms with Gasteiger partial charge < -0.3 is 10.2 Å². The summed E-state index contributed by atoms with van der Waals surface area (Å²) in [6, 6.07) is 5.74. The van der Waals surface area contributed by atoms with E-state index < -0.39 is 5.41 Å². The van der Waals surface area contributed by atoms with Crippen molar-refractivity contribution in [2.75, 3.05) is 18.5 Å². The molecule has 1 aromatic rings. The Bertz CT molecular complexity index is 501. The van der Waals surface area contributed by atoms with Gasteiger partial charge in [0, 0.05) is 19.3 Å². The molecular weight excluding hydrogens is 247 g/mol. The Morgan fingerprint density at radius 2 is 2.00 bits per heavy atom. The molecule has 0 bridgehead atoms. The number of rotatable bonds is 2. The summed E-state index contributed by atoms with van der Waals surface area (Å²) >= 11 is 0. The zero-order valence-corrected chi connectivity index (χ0v) is 11.1. The zero-order chi connectivity index (χ0) is 14.0. The highest BCUT2D eigenvalue weighted by Crippen LogP contribution is 2.33. The molecule has 2 amide bonds. The summed E-state index contributed by atoms with van der Waals surface area (Å²) in [4.78, 5) is 26.0. The van der Waals surface area contributed by atoms with E-state index in [1.54, 1.807) is 24.0 Å². The number of anilines is 1. The van der Waals surface area contributed by atoms with Gasteiger partial charge in [0.1, 0.15) is 11.2 Å². The molecule has 1 saturated heterocycles. The molecule has 0 unspecified atom stereocenters. The summed E-state index contributed by atoms with van der Waals surface area (Å²) in [5, 5.41) is 2.54. The van der Waals surface area contributed by atoms with Gasteiger partial charge >= 0.3 is 0 Å². The van der Waals surface area contributed by atoms with E-state index in [0.717, 1.165) is 6.42 Å². The number of hydrogen-bond donors (Lipinski definition) is 1. The van der Waals surface area contributed by atoms with Gasteiger partial charge in [-0.05, 0) is 44.0 Å². The van der Waals surface area contributed by atoms with Gasteiger partial charge in [-0.15, -0.1) is 0 Å². The van der Waals surface area contributed by atoms with E-state index >= 15 is 0 Å². The standard InChI is InChI=1S/C14H17FN2O2/c1-14(12(18)16-2)8-3-9-17(13(14)19)11-6-4-10(15)5-7-11/h4-7H,3,8-9H2,1-2H3,(H,16,18)/t14-/m0/s1. The van der Waals surface area contributed by atoms with Crippen molar-refractivity contribution in [1.29, 1.82) is 0 Å². The Kier molecular flexibility index (Phi) is 3.55. The summed E-state index contributed by atoms with van der Waals surface area (Å²) in [5.41, 5.74) is -0.414. The molecule has 0 aliphatic carbocycles. The maximum absolute atomic E-state index is 12.9. The van der Waals surface area contributed by atoms with E-state index in [0.29, 0.717) is 18.7 Å². The fourth-order valence-electron chi connectivity index (χ4n) is 2.45. The maximum Gasteiger partial charge on any atom is 0.242 e. The van der Waals surface area contributed by atoms with Crippen LogP contribution in [-0.2, 0) is 9.59 Å². The van der Waals surface area contributed by atoms with Gasteiger partial charge in [-0.2, -0.15) is 0 Å². The lowest BCUT2D eigenvalue weighted by molar-refractivity contribution is -0.142. The highest BCUT2D eigenvalue weighted by atomic mass is 19.1. The van der Waals surface area contributed by atoms with Gasteiger partial charge in [0.2, 0.25) is 11.8 Å². The Hall–Kier alpha value is -1.91. The number of nitrogens with zero attached hydrogens (tertiary/aromatic N) is 1. The molecule has 1 aliphatic rings. The van der Waals surface area contributed by atoms with Crippen molar-refractivity contribution in [3.63, 3.8) is 0 Å². The van der Waals surface area contributed by atoms with Gasteiger partial charge in [-0.1, -0.05) is 0 Å². The highest BCUT2D eigenvalue weighted by molar-refractivity contribution is 6.11. The molecule has 19 heavy (non-hydrogen) atoms. The molecule has 1 N–H and O–H groups in total. The molecule has 5 heteroatoms. The second-order valence-electron chi connectivity index (χ2n) is 4.95. The van der Waals surface area contributed by atoms with Crippen LogP contribution in [0.5, 0.6) is 0 Å². The second kappa shape index (κ2) is 4.99. The van der Waals surface area contributed by atoms with Gasteiger partial charge in [-0.25, -0.2) is 4.39 Å². The minimum Gasteiger partial charge on any atom is -0.358 e. The third-order valence-electron chi connectivity index (χ3n) is 3.64. The second-order valence-corrected chi connectivity index (χ2v) is 4.95. The average molecular weight is 264 g/mol. The van der Waals surface area contributed by atoms with Crippen molar-refractivity contribution in [3.05, 3.63) is 30.1 Å². The van der Waals surface area contributed by atoms with E-state index in [4.69, 9.17) is 0 Å². The molecule has 0 saturated carbocycles. The normalized spacial score (nSPS) is 23.3. The zero-order valence-electron chi connectivity index (χ0n) is 11.1. The van der Waals surface area contributed by atoms with Crippen LogP contribution in [0.15, 0.2) is 24.3 Å². The lowest BCUT2D eigenvalue weighted by atomic mass is 9.80. The lowest BCUT2D eigenvalue weighted by Gasteiger charge is -2.38. The van der Waals surface area contributed by atoms with Gasteiger partial charge in [0.15, 0.2) is 0 Å². The Balaban J connectivity index is 2.30. The van der Waals surface area contributed by atoms with Crippen LogP contribution in [-0.4, -0.2) is 25.4 Å². The van der Waals surface area contributed by atoms with Crippen LogP contribution in [0.4, 0.5) is 10.1 Å². The van der Waals surface area contributed by atoms with Gasteiger partial charge in [0.25, 0.3) is 0 Å². The quantitative estimate of drug-likeness (QED) is 0.827. The predicted molar refractivity (Wildman–Crippen MR) is 70.2 cm³/mol. The van der Waals surface area contributed by atoms with Crippen LogP contribution in [0.1, 0.15) is 19.8 Å². The summed E-state index contributed by atoms with van der Waals surface area (Å²) in [7, 11) is 1.53. The van der Waals surface area contributed by atoms with Crippen LogP contribution >= 0.6 is 0 Å². The first kappa shape index (κ1) is 13.5. The number of hydrogen-bond acceptors (Lipinski definition) is 2. The van der Waals surface area contributed by atoms with Crippen molar-refractivity contribution in [1.82, 2.24) is 5.32 Å². The van der Waals surface area contributed by atoms with Crippen LogP contribution in [0.3, 0.4) is 0 Å². The molecule has 2 rings (SSSR count). The number of amides is 2. The number of halogens is 1. The summed E-state index contributed by atoms with van der Waals surface area (Å²) in [6.07, 6.45) is 1.27. The smallest absolute Gasteiger partial charge is 0.242 e. The summed E-state index contributed by atoms with van der Waals surface area (Å²) < 4.78 is 12.9. The Morgan fingerprint density at radius 1 is 1.37 bits per heavy atom. The van der Waals surface area contributed by atoms with E-state index in [1.165, 1.54) is 19.2 Å². The molecule has 4 nitrogen and oxygen atoms in total. The number of benzene rings is 1. The SMILES string of the molecule is CNC(=O)[C@]1(C)CCCN(c2ccc(F)cc2)C1=O. The highest BCUT2D eigenvalue weighted by Gasteiger charge is 2.45. The van der Waals surface area contributed by atoms with E-state index in [2.05, 4.69) is 5.32 Å². The molecule has 102 valence electrons. The maximum atomic E-state index is 12.9. The van der Waals surface area contributed by atoms with Crippen LogP contribution in [0, 0.1) is 11.2 Å². The first-order chi connectivity index (χ1) is 8.99. The van der Waals surface area contributed by atoms with E-state index in [1.807, 2.05) is 0 Å². The Morgan fingerprint density at radius 3 is 2.58 bits per heavy atom. The molecule has 0 aromatic heterocycles. The fourth-order valence-corrected chi connectivity index (χ4v) is 2.45. The average Bonchev–Trinajstić information content (AvgIpc) is 2.42. The van der Waals surface area contributed by atoms with Crippen molar-refractivity contribution < 1.29 is 14.0 Å². The number of piperidine rings is 1. The van der Waals surface area contributed by atoms with E-state index in [-0.39, 0.29) is 17.6 Å². The fraction of sp³-hybridized carbons (Fsp3) is 0.429. The largest absolute Gasteiger partial charge is 0.358 e. The first-order valence-corrected chi connectivity index (χ1v) is 6.29. The predicted octanol–water partition coefficient (Wildman–Crippen LogP) is 1.70. The van der Waals surface area contributed by atoms with Gasteiger partial charge in [0.05, 0.1) is 0 Å². The molecule has 0 spiro atoms. The molecular formula is C14H17FN2O2. The first-order valence-electron chi connectivity index (χ1n) is 6.29. The van der Waals surface area contributed by atoms with Crippen LogP contribution in [0.25, 0.3) is 0 Å².